The molecule has 1 aromatic heterocycles. The summed E-state index contributed by atoms with van der Waals surface area (Å²) >= 11 is 6.08. The zero-order chi connectivity index (χ0) is 13.8. The second-order valence-corrected chi connectivity index (χ2v) is 4.83. The van der Waals surface area contributed by atoms with E-state index in [9.17, 15) is 0 Å². The molecule has 1 aromatic carbocycles. The summed E-state index contributed by atoms with van der Waals surface area (Å²) in [4.78, 5) is 4.23. The molecule has 19 heavy (non-hydrogen) atoms. The fourth-order valence-electron chi connectivity index (χ4n) is 1.57. The van der Waals surface area contributed by atoms with Gasteiger partial charge < -0.3 is 15.0 Å². The van der Waals surface area contributed by atoms with E-state index in [0.717, 1.165) is 5.56 Å². The van der Waals surface area contributed by atoms with E-state index in [1.807, 2.05) is 26.0 Å². The molecule has 0 unspecified atom stereocenters. The van der Waals surface area contributed by atoms with Crippen LogP contribution in [0.1, 0.15) is 37.0 Å². The van der Waals surface area contributed by atoms with Gasteiger partial charge in [-0.2, -0.15) is 4.98 Å². The zero-order valence-electron chi connectivity index (χ0n) is 10.9. The smallest absolute Gasteiger partial charge is 0.264 e. The normalized spacial score (nSPS) is 11.0. The molecular formula is C13H16ClN3O2. The fourth-order valence-corrected chi connectivity index (χ4v) is 1.82. The fraction of sp³-hybridized carbons (Fsp3) is 0.385. The molecule has 0 aliphatic rings. The number of para-hydroxylation sites is 1. The third-order valence-electron chi connectivity index (χ3n) is 2.61. The van der Waals surface area contributed by atoms with E-state index in [0.29, 0.717) is 29.0 Å². The SMILES string of the molecule is CC(C)c1noc(COc2c(Cl)cccc2CN)n1. The number of benzene rings is 1. The van der Waals surface area contributed by atoms with E-state index in [4.69, 9.17) is 26.6 Å². The summed E-state index contributed by atoms with van der Waals surface area (Å²) in [6.07, 6.45) is 0. The molecule has 6 heteroatoms. The van der Waals surface area contributed by atoms with E-state index < -0.39 is 0 Å². The van der Waals surface area contributed by atoms with Crippen molar-refractivity contribution in [1.29, 1.82) is 0 Å². The highest BCUT2D eigenvalue weighted by molar-refractivity contribution is 6.32. The first-order valence-electron chi connectivity index (χ1n) is 6.04. The Morgan fingerprint density at radius 1 is 1.42 bits per heavy atom. The molecule has 0 saturated heterocycles. The molecule has 0 atom stereocenters. The minimum Gasteiger partial charge on any atom is -0.482 e. The molecule has 0 aliphatic carbocycles. The van der Waals surface area contributed by atoms with Crippen molar-refractivity contribution in [1.82, 2.24) is 10.1 Å². The molecule has 0 bridgehead atoms. The Labute approximate surface area is 116 Å². The lowest BCUT2D eigenvalue weighted by atomic mass is 10.2. The summed E-state index contributed by atoms with van der Waals surface area (Å²) in [5.74, 6) is 1.87. The summed E-state index contributed by atoms with van der Waals surface area (Å²) in [7, 11) is 0. The molecule has 0 saturated carbocycles. The molecule has 102 valence electrons. The molecule has 2 rings (SSSR count). The van der Waals surface area contributed by atoms with Gasteiger partial charge in [0.1, 0.15) is 5.75 Å². The third kappa shape index (κ3) is 3.24. The first kappa shape index (κ1) is 13.8. The highest BCUT2D eigenvalue weighted by Crippen LogP contribution is 2.29. The Balaban J connectivity index is 2.09. The van der Waals surface area contributed by atoms with Crippen LogP contribution in [0.3, 0.4) is 0 Å². The monoisotopic (exact) mass is 281 g/mol. The van der Waals surface area contributed by atoms with Gasteiger partial charge >= 0.3 is 0 Å². The molecule has 0 radical (unpaired) electrons. The number of hydrogen-bond donors (Lipinski definition) is 1. The predicted molar refractivity (Wildman–Crippen MR) is 72.1 cm³/mol. The maximum atomic E-state index is 6.08. The van der Waals surface area contributed by atoms with Gasteiger partial charge in [-0.25, -0.2) is 0 Å². The van der Waals surface area contributed by atoms with Crippen molar-refractivity contribution in [3.8, 4) is 5.75 Å². The maximum Gasteiger partial charge on any atom is 0.264 e. The van der Waals surface area contributed by atoms with Crippen molar-refractivity contribution >= 4 is 11.6 Å². The lowest BCUT2D eigenvalue weighted by molar-refractivity contribution is 0.240. The van der Waals surface area contributed by atoms with Gasteiger partial charge in [0.25, 0.3) is 5.89 Å². The van der Waals surface area contributed by atoms with E-state index in [1.54, 1.807) is 6.07 Å². The van der Waals surface area contributed by atoms with Gasteiger partial charge in [0.05, 0.1) is 5.02 Å². The van der Waals surface area contributed by atoms with Crippen LogP contribution >= 0.6 is 11.6 Å². The van der Waals surface area contributed by atoms with Crippen LogP contribution in [0, 0.1) is 0 Å². The van der Waals surface area contributed by atoms with Crippen molar-refractivity contribution in [2.75, 3.05) is 0 Å². The zero-order valence-corrected chi connectivity index (χ0v) is 11.6. The van der Waals surface area contributed by atoms with Crippen LogP contribution in [0.4, 0.5) is 0 Å². The predicted octanol–water partition coefficient (Wildman–Crippen LogP) is 2.88. The van der Waals surface area contributed by atoms with Gasteiger partial charge in [-0.15, -0.1) is 0 Å². The Bertz CT molecular complexity index is 555. The molecular weight excluding hydrogens is 266 g/mol. The number of nitrogens with two attached hydrogens (primary N) is 1. The molecule has 5 nitrogen and oxygen atoms in total. The molecule has 2 aromatic rings. The molecule has 0 aliphatic heterocycles. The van der Waals surface area contributed by atoms with Gasteiger partial charge in [0.2, 0.25) is 0 Å². The first-order valence-corrected chi connectivity index (χ1v) is 6.42. The van der Waals surface area contributed by atoms with Gasteiger partial charge in [0.15, 0.2) is 12.4 Å². The van der Waals surface area contributed by atoms with E-state index in [-0.39, 0.29) is 12.5 Å². The van der Waals surface area contributed by atoms with Crippen molar-refractivity contribution in [2.24, 2.45) is 5.73 Å². The molecule has 0 amide bonds. The van der Waals surface area contributed by atoms with Crippen LogP contribution in [0.5, 0.6) is 5.75 Å². The van der Waals surface area contributed by atoms with Gasteiger partial charge in [-0.3, -0.25) is 0 Å². The minimum atomic E-state index is 0.177. The third-order valence-corrected chi connectivity index (χ3v) is 2.91. The number of hydrogen-bond acceptors (Lipinski definition) is 5. The molecule has 0 fully saturated rings. The van der Waals surface area contributed by atoms with Crippen LogP contribution in [0.25, 0.3) is 0 Å². The summed E-state index contributed by atoms with van der Waals surface area (Å²) in [6.45, 7) is 4.53. The second kappa shape index (κ2) is 6.04. The molecule has 2 N–H and O–H groups in total. The summed E-state index contributed by atoms with van der Waals surface area (Å²) in [6, 6.07) is 5.46. The van der Waals surface area contributed by atoms with E-state index in [1.165, 1.54) is 0 Å². The number of ether oxygens (including phenoxy) is 1. The van der Waals surface area contributed by atoms with Crippen LogP contribution in [-0.2, 0) is 13.2 Å². The molecule has 1 heterocycles. The van der Waals surface area contributed by atoms with Crippen LogP contribution < -0.4 is 10.5 Å². The van der Waals surface area contributed by atoms with Crippen LogP contribution in [-0.4, -0.2) is 10.1 Å². The average molecular weight is 282 g/mol. The van der Waals surface area contributed by atoms with E-state index >= 15 is 0 Å². The van der Waals surface area contributed by atoms with Gasteiger partial charge in [-0.1, -0.05) is 42.7 Å². The molecule has 0 spiro atoms. The van der Waals surface area contributed by atoms with Gasteiger partial charge in [0, 0.05) is 18.0 Å². The standard InChI is InChI=1S/C13H16ClN3O2/c1-8(2)13-16-11(19-17-13)7-18-12-9(6-15)4-3-5-10(12)14/h3-5,8H,6-7,15H2,1-2H3. The topological polar surface area (TPSA) is 74.2 Å². The Morgan fingerprint density at radius 2 is 2.21 bits per heavy atom. The maximum absolute atomic E-state index is 6.08. The van der Waals surface area contributed by atoms with Gasteiger partial charge in [-0.05, 0) is 6.07 Å². The number of rotatable bonds is 5. The largest absolute Gasteiger partial charge is 0.482 e. The van der Waals surface area contributed by atoms with Crippen molar-refractivity contribution in [2.45, 2.75) is 32.9 Å². The van der Waals surface area contributed by atoms with Crippen molar-refractivity contribution in [3.05, 3.63) is 40.5 Å². The highest BCUT2D eigenvalue weighted by atomic mass is 35.5. The van der Waals surface area contributed by atoms with Crippen molar-refractivity contribution in [3.63, 3.8) is 0 Å². The highest BCUT2D eigenvalue weighted by Gasteiger charge is 2.12. The first-order chi connectivity index (χ1) is 9.11. The summed E-state index contributed by atoms with van der Waals surface area (Å²) in [5.41, 5.74) is 6.49. The number of aromatic nitrogens is 2. The summed E-state index contributed by atoms with van der Waals surface area (Å²) in [5, 5.41) is 4.39. The Morgan fingerprint density at radius 3 is 2.84 bits per heavy atom. The van der Waals surface area contributed by atoms with Crippen LogP contribution in [0.15, 0.2) is 22.7 Å². The second-order valence-electron chi connectivity index (χ2n) is 4.42. The Hall–Kier alpha value is -1.59. The lowest BCUT2D eigenvalue weighted by Gasteiger charge is -2.10. The Kier molecular flexibility index (Phi) is 4.39. The van der Waals surface area contributed by atoms with Crippen LogP contribution in [0.2, 0.25) is 5.02 Å². The lowest BCUT2D eigenvalue weighted by Crippen LogP contribution is -2.03. The van der Waals surface area contributed by atoms with Crippen molar-refractivity contribution < 1.29 is 9.26 Å². The number of nitrogens with zero attached hydrogens (tertiary/aromatic N) is 2. The average Bonchev–Trinajstić information content (AvgIpc) is 2.86. The minimum absolute atomic E-state index is 0.177. The van der Waals surface area contributed by atoms with E-state index in [2.05, 4.69) is 10.1 Å². The number of halogens is 1. The summed E-state index contributed by atoms with van der Waals surface area (Å²) < 4.78 is 10.7. The quantitative estimate of drug-likeness (QED) is 0.912.